The van der Waals surface area contributed by atoms with Crippen LogP contribution in [-0.2, 0) is 11.2 Å². The molecule has 0 aliphatic carbocycles. The van der Waals surface area contributed by atoms with Crippen molar-refractivity contribution in [1.82, 2.24) is 10.2 Å². The molecule has 1 unspecified atom stereocenters. The highest BCUT2D eigenvalue weighted by Gasteiger charge is 2.45. The van der Waals surface area contributed by atoms with E-state index in [1.807, 2.05) is 31.2 Å². The zero-order valence-corrected chi connectivity index (χ0v) is 12.0. The molecule has 1 saturated heterocycles. The van der Waals surface area contributed by atoms with Crippen molar-refractivity contribution in [2.45, 2.75) is 38.6 Å². The third-order valence-corrected chi connectivity index (χ3v) is 3.85. The molecular formula is C15H21N3O2. The average molecular weight is 275 g/mol. The van der Waals surface area contributed by atoms with Crippen molar-refractivity contribution in [3.8, 4) is 0 Å². The number of nitrogen functional groups attached to an aromatic ring is 1. The molecule has 1 aliphatic rings. The van der Waals surface area contributed by atoms with Gasteiger partial charge in [0.2, 0.25) is 0 Å². The second kappa shape index (κ2) is 5.53. The lowest BCUT2D eigenvalue weighted by molar-refractivity contribution is -0.130. The van der Waals surface area contributed by atoms with E-state index in [-0.39, 0.29) is 11.9 Å². The number of hydrogen-bond acceptors (Lipinski definition) is 3. The number of aryl methyl sites for hydroxylation is 1. The van der Waals surface area contributed by atoms with Gasteiger partial charge in [-0.15, -0.1) is 0 Å². The van der Waals surface area contributed by atoms with Gasteiger partial charge in [-0.25, -0.2) is 4.79 Å². The number of amides is 3. The van der Waals surface area contributed by atoms with E-state index in [1.165, 1.54) is 4.90 Å². The van der Waals surface area contributed by atoms with Crippen molar-refractivity contribution < 1.29 is 9.59 Å². The first-order valence-electron chi connectivity index (χ1n) is 6.95. The summed E-state index contributed by atoms with van der Waals surface area (Å²) in [7, 11) is 0. The average Bonchev–Trinajstić information content (AvgIpc) is 2.63. The van der Waals surface area contributed by atoms with E-state index < -0.39 is 5.54 Å². The lowest BCUT2D eigenvalue weighted by Crippen LogP contribution is -2.43. The summed E-state index contributed by atoms with van der Waals surface area (Å²) in [4.78, 5) is 25.3. The molecule has 0 spiro atoms. The zero-order chi connectivity index (χ0) is 14.8. The topological polar surface area (TPSA) is 75.4 Å². The Morgan fingerprint density at radius 3 is 2.70 bits per heavy atom. The van der Waals surface area contributed by atoms with Crippen LogP contribution in [0.5, 0.6) is 0 Å². The zero-order valence-electron chi connectivity index (χ0n) is 12.0. The van der Waals surface area contributed by atoms with Gasteiger partial charge in [0.05, 0.1) is 0 Å². The van der Waals surface area contributed by atoms with Gasteiger partial charge in [0.1, 0.15) is 5.54 Å². The Balaban J connectivity index is 1.91. The van der Waals surface area contributed by atoms with E-state index in [0.717, 1.165) is 24.1 Å². The van der Waals surface area contributed by atoms with Crippen molar-refractivity contribution in [2.75, 3.05) is 12.3 Å². The molecule has 0 aromatic heterocycles. The van der Waals surface area contributed by atoms with Crippen LogP contribution in [0.3, 0.4) is 0 Å². The molecule has 0 radical (unpaired) electrons. The van der Waals surface area contributed by atoms with Gasteiger partial charge in [-0.1, -0.05) is 19.1 Å². The van der Waals surface area contributed by atoms with E-state index in [0.29, 0.717) is 13.0 Å². The molecule has 1 aromatic carbocycles. The van der Waals surface area contributed by atoms with E-state index in [2.05, 4.69) is 5.32 Å². The minimum Gasteiger partial charge on any atom is -0.399 e. The van der Waals surface area contributed by atoms with Crippen molar-refractivity contribution in [1.29, 1.82) is 0 Å². The predicted molar refractivity (Wildman–Crippen MR) is 78.1 cm³/mol. The highest BCUT2D eigenvalue weighted by Crippen LogP contribution is 2.21. The number of nitrogens with one attached hydrogen (secondary N) is 1. The third-order valence-electron chi connectivity index (χ3n) is 3.85. The number of nitrogens with zero attached hydrogens (tertiary/aromatic N) is 1. The number of hydrogen-bond donors (Lipinski definition) is 2. The molecule has 5 nitrogen and oxygen atoms in total. The minimum absolute atomic E-state index is 0.127. The summed E-state index contributed by atoms with van der Waals surface area (Å²) in [6.07, 6.45) is 2.14. The normalized spacial score (nSPS) is 22.2. The second-order valence-electron chi connectivity index (χ2n) is 5.42. The molecule has 1 atom stereocenters. The Kier molecular flexibility index (Phi) is 3.97. The Labute approximate surface area is 119 Å². The number of carbonyl (C=O) groups excluding carboxylic acids is 2. The SMILES string of the molecule is CCC1(C)NC(=O)N(CCCc2cccc(N)c2)C1=O. The molecule has 0 saturated carbocycles. The molecule has 1 fully saturated rings. The van der Waals surface area contributed by atoms with Gasteiger partial charge in [0, 0.05) is 12.2 Å². The largest absolute Gasteiger partial charge is 0.399 e. The Morgan fingerprint density at radius 1 is 1.35 bits per heavy atom. The standard InChI is InChI=1S/C15H21N3O2/c1-3-15(2)13(19)18(14(20)17-15)9-5-7-11-6-4-8-12(16)10-11/h4,6,8,10H,3,5,7,9,16H2,1-2H3,(H,17,20). The molecular weight excluding hydrogens is 254 g/mol. The van der Waals surface area contributed by atoms with Crippen LogP contribution in [0.15, 0.2) is 24.3 Å². The summed E-state index contributed by atoms with van der Waals surface area (Å²) in [6.45, 7) is 4.11. The van der Waals surface area contributed by atoms with Crippen LogP contribution >= 0.6 is 0 Å². The van der Waals surface area contributed by atoms with Crippen molar-refractivity contribution in [2.24, 2.45) is 0 Å². The van der Waals surface area contributed by atoms with Crippen LogP contribution in [0, 0.1) is 0 Å². The molecule has 5 heteroatoms. The number of rotatable bonds is 5. The van der Waals surface area contributed by atoms with Gasteiger partial charge in [-0.05, 0) is 43.9 Å². The maximum absolute atomic E-state index is 12.2. The van der Waals surface area contributed by atoms with Crippen LogP contribution in [-0.4, -0.2) is 28.9 Å². The Bertz CT molecular complexity index is 530. The third kappa shape index (κ3) is 2.76. The highest BCUT2D eigenvalue weighted by molar-refractivity contribution is 6.06. The van der Waals surface area contributed by atoms with Gasteiger partial charge in [0.15, 0.2) is 0 Å². The first-order chi connectivity index (χ1) is 9.46. The van der Waals surface area contributed by atoms with Gasteiger partial charge in [0.25, 0.3) is 5.91 Å². The maximum Gasteiger partial charge on any atom is 0.325 e. The summed E-state index contributed by atoms with van der Waals surface area (Å²) >= 11 is 0. The van der Waals surface area contributed by atoms with Crippen molar-refractivity contribution in [3.05, 3.63) is 29.8 Å². The number of imide groups is 1. The molecule has 1 aliphatic heterocycles. The van der Waals surface area contributed by atoms with Crippen LogP contribution < -0.4 is 11.1 Å². The van der Waals surface area contributed by atoms with Gasteiger partial charge >= 0.3 is 6.03 Å². The molecule has 3 amide bonds. The van der Waals surface area contributed by atoms with E-state index in [9.17, 15) is 9.59 Å². The fraction of sp³-hybridized carbons (Fsp3) is 0.467. The molecule has 1 aromatic rings. The quantitative estimate of drug-likeness (QED) is 0.637. The number of carbonyl (C=O) groups is 2. The number of urea groups is 1. The van der Waals surface area contributed by atoms with E-state index in [1.54, 1.807) is 6.92 Å². The first kappa shape index (κ1) is 14.4. The summed E-state index contributed by atoms with van der Waals surface area (Å²) in [5, 5.41) is 2.76. The van der Waals surface area contributed by atoms with E-state index in [4.69, 9.17) is 5.73 Å². The summed E-state index contributed by atoms with van der Waals surface area (Å²) in [5.74, 6) is -0.127. The number of anilines is 1. The van der Waals surface area contributed by atoms with Crippen molar-refractivity contribution >= 4 is 17.6 Å². The molecule has 108 valence electrons. The van der Waals surface area contributed by atoms with Crippen LogP contribution in [0.4, 0.5) is 10.5 Å². The fourth-order valence-corrected chi connectivity index (χ4v) is 2.38. The Morgan fingerprint density at radius 2 is 2.10 bits per heavy atom. The van der Waals surface area contributed by atoms with Crippen LogP contribution in [0.1, 0.15) is 32.3 Å². The monoisotopic (exact) mass is 275 g/mol. The molecule has 3 N–H and O–H groups in total. The minimum atomic E-state index is -0.742. The molecule has 2 rings (SSSR count). The molecule has 20 heavy (non-hydrogen) atoms. The lowest BCUT2D eigenvalue weighted by atomic mass is 9.99. The number of benzene rings is 1. The lowest BCUT2D eigenvalue weighted by Gasteiger charge is -2.19. The molecule has 0 bridgehead atoms. The summed E-state index contributed by atoms with van der Waals surface area (Å²) < 4.78 is 0. The fourth-order valence-electron chi connectivity index (χ4n) is 2.38. The maximum atomic E-state index is 12.2. The van der Waals surface area contributed by atoms with Crippen molar-refractivity contribution in [3.63, 3.8) is 0 Å². The van der Waals surface area contributed by atoms with Gasteiger partial charge < -0.3 is 11.1 Å². The van der Waals surface area contributed by atoms with Gasteiger partial charge in [-0.3, -0.25) is 9.69 Å². The van der Waals surface area contributed by atoms with Gasteiger partial charge in [-0.2, -0.15) is 0 Å². The van der Waals surface area contributed by atoms with E-state index >= 15 is 0 Å². The number of nitrogens with two attached hydrogens (primary N) is 1. The first-order valence-corrected chi connectivity index (χ1v) is 6.95. The Hall–Kier alpha value is -2.04. The summed E-state index contributed by atoms with van der Waals surface area (Å²) in [6, 6.07) is 7.38. The smallest absolute Gasteiger partial charge is 0.325 e. The van der Waals surface area contributed by atoms with Crippen LogP contribution in [0.2, 0.25) is 0 Å². The second-order valence-corrected chi connectivity index (χ2v) is 5.42. The predicted octanol–water partition coefficient (Wildman–Crippen LogP) is 1.92. The summed E-state index contributed by atoms with van der Waals surface area (Å²) in [5.41, 5.74) is 6.83. The van der Waals surface area contributed by atoms with Crippen LogP contribution in [0.25, 0.3) is 0 Å². The highest BCUT2D eigenvalue weighted by atomic mass is 16.2. The molecule has 1 heterocycles.